The number of anilines is 1. The zero-order valence-corrected chi connectivity index (χ0v) is 16.4. The zero-order valence-electron chi connectivity index (χ0n) is 16.4. The summed E-state index contributed by atoms with van der Waals surface area (Å²) in [6.07, 6.45) is 7.80. The summed E-state index contributed by atoms with van der Waals surface area (Å²) in [5.41, 5.74) is 0.874. The van der Waals surface area contributed by atoms with Crippen LogP contribution in [-0.2, 0) is 4.79 Å². The summed E-state index contributed by atoms with van der Waals surface area (Å²) in [6.45, 7) is 1.46. The Morgan fingerprint density at radius 3 is 2.68 bits per heavy atom. The van der Waals surface area contributed by atoms with Crippen LogP contribution in [0.3, 0.4) is 0 Å². The molecule has 0 unspecified atom stereocenters. The Hall–Kier alpha value is -2.57. The number of amides is 1. The summed E-state index contributed by atoms with van der Waals surface area (Å²) in [7, 11) is 1.64. The molecule has 4 rings (SSSR count). The number of nitrogens with zero attached hydrogens (tertiary/aromatic N) is 3. The average Bonchev–Trinajstić information content (AvgIpc) is 3.25. The van der Waals surface area contributed by atoms with Gasteiger partial charge >= 0.3 is 6.01 Å². The van der Waals surface area contributed by atoms with Gasteiger partial charge in [0.15, 0.2) is 0 Å². The molecular weight excluding hydrogens is 356 g/mol. The summed E-state index contributed by atoms with van der Waals surface area (Å²) in [5, 5.41) is 7.37. The highest BCUT2D eigenvalue weighted by Gasteiger charge is 2.30. The van der Waals surface area contributed by atoms with Crippen molar-refractivity contribution < 1.29 is 14.1 Å². The van der Waals surface area contributed by atoms with E-state index in [2.05, 4.69) is 15.5 Å². The number of carbonyl (C=O) groups excluding carboxylic acids is 1. The lowest BCUT2D eigenvalue weighted by atomic mass is 9.93. The van der Waals surface area contributed by atoms with Crippen LogP contribution >= 0.6 is 0 Å². The number of methoxy groups -OCH3 is 1. The van der Waals surface area contributed by atoms with Crippen LogP contribution in [0.2, 0.25) is 0 Å². The molecule has 2 fully saturated rings. The van der Waals surface area contributed by atoms with E-state index in [4.69, 9.17) is 9.26 Å². The van der Waals surface area contributed by atoms with Gasteiger partial charge in [0.1, 0.15) is 5.75 Å². The van der Waals surface area contributed by atoms with Gasteiger partial charge in [0, 0.05) is 24.7 Å². The molecule has 1 amide bonds. The monoisotopic (exact) mass is 384 g/mol. The Labute approximate surface area is 165 Å². The fraction of sp³-hybridized carbons (Fsp3) is 0.571. The number of piperidine rings is 1. The fourth-order valence-corrected chi connectivity index (χ4v) is 4.13. The third kappa shape index (κ3) is 4.29. The topological polar surface area (TPSA) is 80.5 Å². The second-order valence-corrected chi connectivity index (χ2v) is 7.76. The minimum absolute atomic E-state index is 0.0213. The number of hydrogen-bond acceptors (Lipinski definition) is 6. The van der Waals surface area contributed by atoms with E-state index in [1.807, 2.05) is 29.2 Å². The first-order valence-electron chi connectivity index (χ1n) is 10.3. The van der Waals surface area contributed by atoms with Crippen LogP contribution < -0.4 is 15.0 Å². The van der Waals surface area contributed by atoms with Crippen molar-refractivity contribution in [1.29, 1.82) is 0 Å². The Balaban J connectivity index is 1.38. The largest absolute Gasteiger partial charge is 0.497 e. The van der Waals surface area contributed by atoms with Gasteiger partial charge in [-0.2, -0.15) is 4.98 Å². The highest BCUT2D eigenvalue weighted by molar-refractivity contribution is 5.79. The van der Waals surface area contributed by atoms with Crippen LogP contribution in [0, 0.1) is 5.92 Å². The molecule has 0 spiro atoms. The van der Waals surface area contributed by atoms with Gasteiger partial charge in [0.05, 0.1) is 13.0 Å². The van der Waals surface area contributed by atoms with Crippen LogP contribution in [0.4, 0.5) is 6.01 Å². The van der Waals surface area contributed by atoms with Crippen molar-refractivity contribution in [1.82, 2.24) is 15.5 Å². The fourth-order valence-electron chi connectivity index (χ4n) is 4.13. The first-order chi connectivity index (χ1) is 13.7. The van der Waals surface area contributed by atoms with Gasteiger partial charge in [-0.05, 0) is 49.9 Å². The molecule has 0 bridgehead atoms. The number of hydrogen-bond donors (Lipinski definition) is 1. The van der Waals surface area contributed by atoms with Crippen molar-refractivity contribution in [2.24, 2.45) is 5.92 Å². The van der Waals surface area contributed by atoms with E-state index in [9.17, 15) is 4.79 Å². The molecule has 1 saturated carbocycles. The lowest BCUT2D eigenvalue weighted by Crippen LogP contribution is -2.46. The third-order valence-corrected chi connectivity index (χ3v) is 5.78. The number of rotatable bonds is 5. The van der Waals surface area contributed by atoms with E-state index >= 15 is 0 Å². The Bertz CT molecular complexity index is 783. The van der Waals surface area contributed by atoms with E-state index in [-0.39, 0.29) is 11.8 Å². The van der Waals surface area contributed by atoms with Crippen molar-refractivity contribution in [3.05, 3.63) is 24.3 Å². The summed E-state index contributed by atoms with van der Waals surface area (Å²) in [4.78, 5) is 19.3. The molecule has 1 atom stereocenters. The lowest BCUT2D eigenvalue weighted by Gasteiger charge is -2.32. The van der Waals surface area contributed by atoms with Crippen LogP contribution in [-0.4, -0.2) is 42.3 Å². The highest BCUT2D eigenvalue weighted by Crippen LogP contribution is 2.26. The minimum Gasteiger partial charge on any atom is -0.497 e. The molecule has 1 aliphatic carbocycles. The van der Waals surface area contributed by atoms with Crippen LogP contribution in [0.1, 0.15) is 44.9 Å². The number of benzene rings is 1. The van der Waals surface area contributed by atoms with Gasteiger partial charge in [-0.3, -0.25) is 4.79 Å². The zero-order chi connectivity index (χ0) is 19.3. The summed E-state index contributed by atoms with van der Waals surface area (Å²) < 4.78 is 10.7. The molecule has 7 heteroatoms. The van der Waals surface area contributed by atoms with Crippen molar-refractivity contribution in [2.75, 3.05) is 25.1 Å². The van der Waals surface area contributed by atoms with Gasteiger partial charge < -0.3 is 19.5 Å². The highest BCUT2D eigenvalue weighted by atomic mass is 16.5. The molecule has 2 heterocycles. The minimum atomic E-state index is -0.0213. The normalized spacial score (nSPS) is 20.8. The molecule has 1 N–H and O–H groups in total. The molecular formula is C21H28N4O3. The Morgan fingerprint density at radius 2 is 1.93 bits per heavy atom. The molecule has 2 aliphatic rings. The van der Waals surface area contributed by atoms with Gasteiger partial charge in [-0.1, -0.05) is 24.4 Å². The van der Waals surface area contributed by atoms with Gasteiger partial charge in [-0.25, -0.2) is 0 Å². The average molecular weight is 384 g/mol. The van der Waals surface area contributed by atoms with E-state index in [0.29, 0.717) is 24.4 Å². The van der Waals surface area contributed by atoms with E-state index in [1.54, 1.807) is 7.11 Å². The SMILES string of the molecule is COc1ccc(-c2noc(N3CCC[C@@H](C(=O)NC4CCCCC4)C3)n2)cc1. The van der Waals surface area contributed by atoms with E-state index in [0.717, 1.165) is 43.5 Å². The van der Waals surface area contributed by atoms with Gasteiger partial charge in [0.2, 0.25) is 11.7 Å². The molecule has 1 aliphatic heterocycles. The quantitative estimate of drug-likeness (QED) is 0.851. The lowest BCUT2D eigenvalue weighted by molar-refractivity contribution is -0.126. The van der Waals surface area contributed by atoms with Gasteiger partial charge in [-0.15, -0.1) is 0 Å². The molecule has 7 nitrogen and oxygen atoms in total. The van der Waals surface area contributed by atoms with Crippen molar-refractivity contribution in [3.8, 4) is 17.1 Å². The summed E-state index contributed by atoms with van der Waals surface area (Å²) in [6, 6.07) is 8.40. The second kappa shape index (κ2) is 8.63. The van der Waals surface area contributed by atoms with Crippen LogP contribution in [0.15, 0.2) is 28.8 Å². The van der Waals surface area contributed by atoms with E-state index in [1.165, 1.54) is 19.3 Å². The van der Waals surface area contributed by atoms with Gasteiger partial charge in [0.25, 0.3) is 0 Å². The number of ether oxygens (including phenoxy) is 1. The van der Waals surface area contributed by atoms with E-state index < -0.39 is 0 Å². The maximum atomic E-state index is 12.7. The molecule has 28 heavy (non-hydrogen) atoms. The molecule has 150 valence electrons. The predicted molar refractivity (Wildman–Crippen MR) is 106 cm³/mol. The predicted octanol–water partition coefficient (Wildman–Crippen LogP) is 3.41. The second-order valence-electron chi connectivity index (χ2n) is 7.76. The van der Waals surface area contributed by atoms with Crippen molar-refractivity contribution in [2.45, 2.75) is 51.0 Å². The van der Waals surface area contributed by atoms with Crippen LogP contribution in [0.25, 0.3) is 11.4 Å². The number of carbonyl (C=O) groups is 1. The Morgan fingerprint density at radius 1 is 1.14 bits per heavy atom. The molecule has 1 aromatic heterocycles. The third-order valence-electron chi connectivity index (χ3n) is 5.78. The number of aromatic nitrogens is 2. The summed E-state index contributed by atoms with van der Waals surface area (Å²) in [5.74, 6) is 1.49. The maximum absolute atomic E-state index is 12.7. The standard InChI is InChI=1S/C21H28N4O3/c1-27-18-11-9-15(10-12-18)19-23-21(28-24-19)25-13-5-6-16(14-25)20(26)22-17-7-3-2-4-8-17/h9-12,16-17H,2-8,13-14H2,1H3,(H,22,26)/t16-/m1/s1. The first kappa shape index (κ1) is 18.8. The molecule has 0 radical (unpaired) electrons. The first-order valence-corrected chi connectivity index (χ1v) is 10.3. The molecule has 1 saturated heterocycles. The smallest absolute Gasteiger partial charge is 0.324 e. The summed E-state index contributed by atoms with van der Waals surface area (Å²) >= 11 is 0. The molecule has 2 aromatic rings. The number of nitrogens with one attached hydrogen (secondary N) is 1. The van der Waals surface area contributed by atoms with Crippen LogP contribution in [0.5, 0.6) is 5.75 Å². The molecule has 1 aromatic carbocycles. The Kier molecular flexibility index (Phi) is 5.78. The van der Waals surface area contributed by atoms with Crippen molar-refractivity contribution in [3.63, 3.8) is 0 Å². The van der Waals surface area contributed by atoms with Crippen molar-refractivity contribution >= 4 is 11.9 Å². The maximum Gasteiger partial charge on any atom is 0.324 e.